The van der Waals surface area contributed by atoms with Crippen molar-refractivity contribution in [1.29, 1.82) is 0 Å². The van der Waals surface area contributed by atoms with Crippen molar-refractivity contribution in [3.63, 3.8) is 0 Å². The largest absolute Gasteiger partial charge is 0.330 e. The van der Waals surface area contributed by atoms with Gasteiger partial charge in [0.25, 0.3) is 5.91 Å². The fourth-order valence-electron chi connectivity index (χ4n) is 4.65. The van der Waals surface area contributed by atoms with Crippen molar-refractivity contribution in [3.05, 3.63) is 47.5 Å². The Kier molecular flexibility index (Phi) is 2.62. The standard InChI is InChI=1S/C19H20N2O/c22-19-18-15(6-5-13-3-1-2-4-16(13)18)11-21(19)17-12-20-9-7-14(17)8-10-20/h1-6,14,17H,7-12H2. The maximum absolute atomic E-state index is 13.1. The summed E-state index contributed by atoms with van der Waals surface area (Å²) in [5.41, 5.74) is 2.16. The van der Waals surface area contributed by atoms with Crippen LogP contribution in [0, 0.1) is 5.92 Å². The molecule has 4 aliphatic rings. The Morgan fingerprint density at radius 2 is 1.82 bits per heavy atom. The van der Waals surface area contributed by atoms with Crippen LogP contribution >= 0.6 is 0 Å². The molecule has 112 valence electrons. The third-order valence-corrected chi connectivity index (χ3v) is 5.85. The molecule has 2 aromatic carbocycles. The van der Waals surface area contributed by atoms with E-state index in [-0.39, 0.29) is 5.91 Å². The Bertz CT molecular complexity index is 761. The molecule has 22 heavy (non-hydrogen) atoms. The molecule has 6 rings (SSSR count). The van der Waals surface area contributed by atoms with Gasteiger partial charge in [-0.25, -0.2) is 0 Å². The number of hydrogen-bond acceptors (Lipinski definition) is 2. The van der Waals surface area contributed by atoms with Crippen LogP contribution in [0.15, 0.2) is 36.4 Å². The van der Waals surface area contributed by atoms with Gasteiger partial charge >= 0.3 is 0 Å². The number of nitrogens with zero attached hydrogens (tertiary/aromatic N) is 2. The minimum Gasteiger partial charge on any atom is -0.330 e. The number of amides is 1. The van der Waals surface area contributed by atoms with Crippen molar-refractivity contribution in [2.24, 2.45) is 5.92 Å². The van der Waals surface area contributed by atoms with Gasteiger partial charge < -0.3 is 9.80 Å². The van der Waals surface area contributed by atoms with Crippen LogP contribution in [0.1, 0.15) is 28.8 Å². The summed E-state index contributed by atoms with van der Waals surface area (Å²) in [5.74, 6) is 0.958. The quantitative estimate of drug-likeness (QED) is 0.807. The van der Waals surface area contributed by atoms with Gasteiger partial charge in [0.05, 0.1) is 5.56 Å². The average Bonchev–Trinajstić information content (AvgIpc) is 2.93. The molecular weight excluding hydrogens is 272 g/mol. The molecule has 0 saturated carbocycles. The highest BCUT2D eigenvalue weighted by Crippen LogP contribution is 2.37. The van der Waals surface area contributed by atoms with E-state index in [1.165, 1.54) is 36.9 Å². The van der Waals surface area contributed by atoms with Crippen molar-refractivity contribution in [1.82, 2.24) is 9.80 Å². The van der Waals surface area contributed by atoms with Gasteiger partial charge in [0.1, 0.15) is 0 Å². The third-order valence-electron chi connectivity index (χ3n) is 5.85. The third kappa shape index (κ3) is 1.69. The van der Waals surface area contributed by atoms with E-state index in [1.807, 2.05) is 12.1 Å². The zero-order valence-electron chi connectivity index (χ0n) is 12.7. The van der Waals surface area contributed by atoms with Gasteiger partial charge in [0, 0.05) is 19.1 Å². The highest BCUT2D eigenvalue weighted by Gasteiger charge is 2.42. The van der Waals surface area contributed by atoms with E-state index in [1.54, 1.807) is 0 Å². The number of fused-ring (bicyclic) bond motifs is 6. The molecule has 3 heteroatoms. The van der Waals surface area contributed by atoms with Crippen molar-refractivity contribution < 1.29 is 4.79 Å². The topological polar surface area (TPSA) is 23.6 Å². The van der Waals surface area contributed by atoms with E-state index < -0.39 is 0 Å². The summed E-state index contributed by atoms with van der Waals surface area (Å²) in [6, 6.07) is 13.0. The Balaban J connectivity index is 1.56. The molecule has 0 aliphatic carbocycles. The number of piperidine rings is 3. The van der Waals surface area contributed by atoms with E-state index in [0.717, 1.165) is 24.0 Å². The molecule has 4 aliphatic heterocycles. The molecule has 3 nitrogen and oxygen atoms in total. The highest BCUT2D eigenvalue weighted by atomic mass is 16.2. The first-order valence-corrected chi connectivity index (χ1v) is 8.35. The second kappa shape index (κ2) is 4.56. The SMILES string of the molecule is O=C1c2c(ccc3ccccc23)CN1C1CN2CCC1CC2. The second-order valence-electron chi connectivity index (χ2n) is 6.96. The summed E-state index contributed by atoms with van der Waals surface area (Å²) in [6.07, 6.45) is 2.51. The van der Waals surface area contributed by atoms with Crippen LogP contribution in [-0.2, 0) is 6.54 Å². The molecule has 0 N–H and O–H groups in total. The van der Waals surface area contributed by atoms with Gasteiger partial charge in [0.2, 0.25) is 0 Å². The molecule has 3 fully saturated rings. The first-order valence-electron chi connectivity index (χ1n) is 8.35. The number of benzene rings is 2. The molecule has 1 amide bonds. The van der Waals surface area contributed by atoms with Gasteiger partial charge in [-0.05, 0) is 48.2 Å². The minimum absolute atomic E-state index is 0.255. The van der Waals surface area contributed by atoms with Gasteiger partial charge in [-0.1, -0.05) is 36.4 Å². The molecule has 4 heterocycles. The van der Waals surface area contributed by atoms with Crippen LogP contribution in [-0.4, -0.2) is 41.4 Å². The van der Waals surface area contributed by atoms with Crippen molar-refractivity contribution in [2.75, 3.05) is 19.6 Å². The first-order chi connectivity index (χ1) is 10.8. The summed E-state index contributed by atoms with van der Waals surface area (Å²) < 4.78 is 0. The van der Waals surface area contributed by atoms with E-state index in [9.17, 15) is 4.79 Å². The van der Waals surface area contributed by atoms with Gasteiger partial charge in [0.15, 0.2) is 0 Å². The van der Waals surface area contributed by atoms with Crippen molar-refractivity contribution in [3.8, 4) is 0 Å². The lowest BCUT2D eigenvalue weighted by atomic mass is 9.83. The lowest BCUT2D eigenvalue weighted by molar-refractivity contribution is 0.00851. The number of carbonyl (C=O) groups is 1. The number of hydrogen-bond donors (Lipinski definition) is 0. The molecule has 0 aromatic heterocycles. The normalized spacial score (nSPS) is 30.1. The van der Waals surface area contributed by atoms with Crippen LogP contribution in [0.5, 0.6) is 0 Å². The summed E-state index contributed by atoms with van der Waals surface area (Å²) in [5, 5.41) is 2.29. The fourth-order valence-corrected chi connectivity index (χ4v) is 4.65. The number of rotatable bonds is 1. The Labute approximate surface area is 130 Å². The molecular formula is C19H20N2O. The monoisotopic (exact) mass is 292 g/mol. The molecule has 0 spiro atoms. The molecule has 2 aromatic rings. The molecule has 2 bridgehead atoms. The summed E-state index contributed by atoms with van der Waals surface area (Å²) in [7, 11) is 0. The van der Waals surface area contributed by atoms with Gasteiger partial charge in [-0.2, -0.15) is 0 Å². The van der Waals surface area contributed by atoms with Crippen LogP contribution in [0.25, 0.3) is 10.8 Å². The maximum Gasteiger partial charge on any atom is 0.255 e. The van der Waals surface area contributed by atoms with Crippen LogP contribution in [0.4, 0.5) is 0 Å². The predicted octanol–water partition coefficient (Wildman–Crippen LogP) is 2.89. The summed E-state index contributed by atoms with van der Waals surface area (Å²) in [6.45, 7) is 4.31. The van der Waals surface area contributed by atoms with E-state index in [2.05, 4.69) is 34.1 Å². The van der Waals surface area contributed by atoms with Crippen LogP contribution < -0.4 is 0 Å². The molecule has 1 atom stereocenters. The Hall–Kier alpha value is -1.87. The van der Waals surface area contributed by atoms with Gasteiger partial charge in [-0.15, -0.1) is 0 Å². The minimum atomic E-state index is 0.255. The fraction of sp³-hybridized carbons (Fsp3) is 0.421. The maximum atomic E-state index is 13.1. The van der Waals surface area contributed by atoms with E-state index in [4.69, 9.17) is 0 Å². The number of carbonyl (C=O) groups excluding carboxylic acids is 1. The second-order valence-corrected chi connectivity index (χ2v) is 6.96. The highest BCUT2D eigenvalue weighted by molar-refractivity contribution is 6.10. The lowest BCUT2D eigenvalue weighted by Crippen LogP contribution is -2.57. The summed E-state index contributed by atoms with van der Waals surface area (Å²) in [4.78, 5) is 17.8. The summed E-state index contributed by atoms with van der Waals surface area (Å²) >= 11 is 0. The zero-order valence-corrected chi connectivity index (χ0v) is 12.7. The smallest absolute Gasteiger partial charge is 0.255 e. The zero-order chi connectivity index (χ0) is 14.7. The lowest BCUT2D eigenvalue weighted by Gasteiger charge is -2.48. The molecule has 0 radical (unpaired) electrons. The van der Waals surface area contributed by atoms with Gasteiger partial charge in [-0.3, -0.25) is 4.79 Å². The molecule has 3 saturated heterocycles. The van der Waals surface area contributed by atoms with Crippen molar-refractivity contribution in [2.45, 2.75) is 25.4 Å². The van der Waals surface area contributed by atoms with E-state index in [0.29, 0.717) is 12.0 Å². The van der Waals surface area contributed by atoms with Crippen LogP contribution in [0.3, 0.4) is 0 Å². The average molecular weight is 292 g/mol. The van der Waals surface area contributed by atoms with E-state index >= 15 is 0 Å². The Morgan fingerprint density at radius 1 is 1.00 bits per heavy atom. The van der Waals surface area contributed by atoms with Crippen LogP contribution in [0.2, 0.25) is 0 Å². The van der Waals surface area contributed by atoms with Crippen molar-refractivity contribution >= 4 is 16.7 Å². The first kappa shape index (κ1) is 12.7. The predicted molar refractivity (Wildman–Crippen MR) is 86.8 cm³/mol. The molecule has 1 unspecified atom stereocenters. The Morgan fingerprint density at radius 3 is 2.59 bits per heavy atom.